The van der Waals surface area contributed by atoms with Crippen LogP contribution in [0.5, 0.6) is 0 Å². The molecule has 0 rings (SSSR count). The van der Waals surface area contributed by atoms with Gasteiger partial charge in [-0.15, -0.1) is 0 Å². The van der Waals surface area contributed by atoms with E-state index in [-0.39, 0.29) is 18.9 Å². The fourth-order valence-corrected chi connectivity index (χ4v) is 0. The van der Waals surface area contributed by atoms with Gasteiger partial charge in [0, 0.05) is 21.2 Å². The summed E-state index contributed by atoms with van der Waals surface area (Å²) >= 11 is 1.93. The van der Waals surface area contributed by atoms with Crippen molar-refractivity contribution in [2.75, 3.05) is 0 Å². The van der Waals surface area contributed by atoms with E-state index in [0.29, 0.717) is 0 Å². The van der Waals surface area contributed by atoms with Crippen molar-refractivity contribution in [1.82, 2.24) is 0 Å². The van der Waals surface area contributed by atoms with Gasteiger partial charge in [0.1, 0.15) is 0 Å². The van der Waals surface area contributed by atoms with E-state index >= 15 is 0 Å². The van der Waals surface area contributed by atoms with Crippen molar-refractivity contribution in [1.29, 1.82) is 0 Å². The first-order valence-corrected chi connectivity index (χ1v) is 6.33. The molecule has 0 aliphatic carbocycles. The molecular weight excluding hydrogens is 213 g/mol. The Morgan fingerprint density at radius 2 is 1.80 bits per heavy atom. The zero-order chi connectivity index (χ0) is 3.58. The Hall–Kier alpha value is 2.07. The van der Waals surface area contributed by atoms with E-state index in [1.807, 2.05) is 21.2 Å². The van der Waals surface area contributed by atoms with Gasteiger partial charge in [0.05, 0.1) is 0 Å². The van der Waals surface area contributed by atoms with Crippen LogP contribution in [-0.2, 0) is 0 Å². The molecule has 5 heteroatoms. The molecule has 0 heterocycles. The number of thiol groups is 1. The van der Waals surface area contributed by atoms with Crippen LogP contribution < -0.4 is 0 Å². The monoisotopic (exact) mass is 218 g/mol. The van der Waals surface area contributed by atoms with Crippen LogP contribution in [0.1, 0.15) is 0 Å². The van der Waals surface area contributed by atoms with Crippen LogP contribution in [-0.4, -0.2) is 23.4 Å². The molecule has 2 unspecified atom stereocenters. The van der Waals surface area contributed by atoms with Crippen LogP contribution in [0.3, 0.4) is 0 Å². The number of rotatable bonds is 0. The van der Waals surface area contributed by atoms with Crippen LogP contribution in [0.4, 0.5) is 0 Å². The van der Waals surface area contributed by atoms with Crippen molar-refractivity contribution >= 4 is 56.5 Å². The predicted molar refractivity (Wildman–Crippen MR) is 42.5 cm³/mol. The predicted octanol–water partition coefficient (Wildman–Crippen LogP) is 0.952. The van der Waals surface area contributed by atoms with Gasteiger partial charge in [-0.05, 0) is 0 Å². The molecule has 0 aromatic carbocycles. The summed E-state index contributed by atoms with van der Waals surface area (Å²) in [7, 11) is 1.53. The molecule has 0 fully saturated rings. The topological polar surface area (TPSA) is 20.2 Å². The Kier molecular flexibility index (Phi) is 12.3. The zero-order valence-corrected chi connectivity index (χ0v) is 6.06. The van der Waals surface area contributed by atoms with E-state index in [0.717, 1.165) is 0 Å². The van der Waals surface area contributed by atoms with Gasteiger partial charge in [-0.1, -0.05) is 16.4 Å². The van der Waals surface area contributed by atoms with E-state index in [1.54, 1.807) is 0 Å². The summed E-state index contributed by atoms with van der Waals surface area (Å²) in [5.41, 5.74) is 0. The molecule has 0 saturated carbocycles. The van der Waals surface area contributed by atoms with Gasteiger partial charge >= 0.3 is 18.9 Å². The minimum atomic E-state index is -0.734. The van der Waals surface area contributed by atoms with Crippen LogP contribution in [0.25, 0.3) is 0 Å². The molecule has 0 spiro atoms. The molecule has 0 bridgehead atoms. The van der Waals surface area contributed by atoms with Crippen LogP contribution in [0.2, 0.25) is 0 Å². The van der Waals surface area contributed by atoms with Crippen molar-refractivity contribution in [3.05, 3.63) is 0 Å². The van der Waals surface area contributed by atoms with Crippen LogP contribution in [0.15, 0.2) is 0 Å². The van der Waals surface area contributed by atoms with E-state index in [9.17, 15) is 0 Å². The third-order valence-electron chi connectivity index (χ3n) is 0. The standard InChI is InChI=1S/H4IOPS.Li.H/c1-4(2)3;;/h2,4H,3H2;;. The summed E-state index contributed by atoms with van der Waals surface area (Å²) < 4.78 is 8.07. The molecule has 0 aliphatic heterocycles. The molecule has 0 aromatic heterocycles. The molecule has 0 radical (unpaired) electrons. The summed E-state index contributed by atoms with van der Waals surface area (Å²) in [6.07, 6.45) is 0. The van der Waals surface area contributed by atoms with Gasteiger partial charge in [-0.2, -0.15) is 0 Å². The molecular formula is H5ILiOPS. The Labute approximate surface area is 60.6 Å². The number of halogens is 1. The molecule has 0 amide bonds. The second-order valence-corrected chi connectivity index (χ2v) is 8.45. The summed E-state index contributed by atoms with van der Waals surface area (Å²) in [6.45, 7) is 0. The third-order valence-corrected chi connectivity index (χ3v) is 0. The Bertz CT molecular complexity index is 16.4. The van der Waals surface area contributed by atoms with Crippen molar-refractivity contribution in [3.63, 3.8) is 0 Å². The van der Waals surface area contributed by atoms with Gasteiger partial charge in [0.2, 0.25) is 0 Å². The average molecular weight is 218 g/mol. The molecule has 1 N–H and O–H groups in total. The van der Waals surface area contributed by atoms with Crippen LogP contribution >= 0.6 is 37.6 Å². The Morgan fingerprint density at radius 3 is 1.80 bits per heavy atom. The molecule has 5 heavy (non-hydrogen) atoms. The maximum atomic E-state index is 8.07. The van der Waals surface area contributed by atoms with Gasteiger partial charge in [0.15, 0.2) is 0 Å². The molecule has 2 atom stereocenters. The first kappa shape index (κ1) is 10.1. The quantitative estimate of drug-likeness (QED) is 0.268. The van der Waals surface area contributed by atoms with E-state index in [1.165, 1.54) is 0 Å². The SMILES string of the molecule is O[SH](P)I.[LiH]. The normalized spacial score (nSPS) is 16.2. The first-order chi connectivity index (χ1) is 1.73. The van der Waals surface area contributed by atoms with E-state index < -0.39 is 7.97 Å². The summed E-state index contributed by atoms with van der Waals surface area (Å²) in [4.78, 5) is 0. The first-order valence-electron chi connectivity index (χ1n) is 0.627. The summed E-state index contributed by atoms with van der Waals surface area (Å²) in [5, 5.41) is 0. The van der Waals surface area contributed by atoms with Crippen molar-refractivity contribution in [2.24, 2.45) is 0 Å². The minimum absolute atomic E-state index is 0. The molecule has 0 aromatic rings. The zero-order valence-electron chi connectivity index (χ0n) is 1.85. The average Bonchev–Trinajstić information content (AvgIpc) is 0.811. The maximum absolute atomic E-state index is 8.07. The number of hydrogen-bond acceptors (Lipinski definition) is 1. The molecule has 0 aliphatic rings. The molecule has 30 valence electrons. The van der Waals surface area contributed by atoms with Gasteiger partial charge < -0.3 is 4.55 Å². The van der Waals surface area contributed by atoms with E-state index in [2.05, 4.69) is 8.44 Å². The second-order valence-electron chi connectivity index (χ2n) is 0.289. The second kappa shape index (κ2) is 6.07. The van der Waals surface area contributed by atoms with Crippen molar-refractivity contribution in [2.45, 2.75) is 0 Å². The van der Waals surface area contributed by atoms with Gasteiger partial charge in [-0.25, -0.2) is 0 Å². The van der Waals surface area contributed by atoms with Crippen LogP contribution in [0, 0.1) is 0 Å². The van der Waals surface area contributed by atoms with Gasteiger partial charge in [-0.3, -0.25) is 0 Å². The number of hydrogen-bond donors (Lipinski definition) is 2. The fourth-order valence-electron chi connectivity index (χ4n) is 0. The summed E-state index contributed by atoms with van der Waals surface area (Å²) in [5.74, 6) is 0. The summed E-state index contributed by atoms with van der Waals surface area (Å²) in [6, 6.07) is 0. The third kappa shape index (κ3) is 23.5. The molecule has 1 nitrogen and oxygen atoms in total. The van der Waals surface area contributed by atoms with E-state index in [4.69, 9.17) is 4.55 Å². The van der Waals surface area contributed by atoms with Crippen molar-refractivity contribution < 1.29 is 4.55 Å². The fraction of sp³-hybridized carbons (Fsp3) is 0. The van der Waals surface area contributed by atoms with Crippen molar-refractivity contribution in [3.8, 4) is 0 Å². The van der Waals surface area contributed by atoms with Gasteiger partial charge in [0.25, 0.3) is 0 Å². The Balaban J connectivity index is 0. The molecule has 0 saturated heterocycles. The Morgan fingerprint density at radius 1 is 1.80 bits per heavy atom.